The third-order valence-electron chi connectivity index (χ3n) is 1.50. The van der Waals surface area contributed by atoms with Crippen LogP contribution in [-0.4, -0.2) is 10.2 Å². The second kappa shape index (κ2) is 3.41. The average molecular weight is 290 g/mol. The summed E-state index contributed by atoms with van der Waals surface area (Å²) in [5.41, 5.74) is 0.331. The van der Waals surface area contributed by atoms with E-state index in [9.17, 15) is 4.39 Å². The Morgan fingerprint density at radius 2 is 2.00 bits per heavy atom. The Balaban J connectivity index is 2.52. The van der Waals surface area contributed by atoms with Crippen molar-refractivity contribution in [3.05, 3.63) is 34.0 Å². The van der Waals surface area contributed by atoms with Crippen molar-refractivity contribution in [2.45, 2.75) is 0 Å². The third-order valence-corrected chi connectivity index (χ3v) is 1.94. The van der Waals surface area contributed by atoms with Gasteiger partial charge in [-0.1, -0.05) is 12.1 Å². The molecule has 3 nitrogen and oxygen atoms in total. The van der Waals surface area contributed by atoms with Gasteiger partial charge in [0.15, 0.2) is 0 Å². The molecule has 0 N–H and O–H groups in total. The highest BCUT2D eigenvalue weighted by Gasteiger charge is 2.10. The third kappa shape index (κ3) is 1.69. The van der Waals surface area contributed by atoms with Crippen molar-refractivity contribution in [1.29, 1.82) is 0 Å². The summed E-state index contributed by atoms with van der Waals surface area (Å²) >= 11 is 1.88. The normalized spacial score (nSPS) is 10.3. The molecule has 1 aromatic heterocycles. The van der Waals surface area contributed by atoms with Crippen LogP contribution in [0.2, 0.25) is 0 Å². The molecule has 0 aliphatic rings. The molecule has 0 aliphatic heterocycles. The molecule has 2 aromatic rings. The topological polar surface area (TPSA) is 38.9 Å². The number of halogens is 2. The van der Waals surface area contributed by atoms with Gasteiger partial charge in [-0.15, -0.1) is 10.2 Å². The van der Waals surface area contributed by atoms with Gasteiger partial charge in [-0.3, -0.25) is 0 Å². The highest BCUT2D eigenvalue weighted by molar-refractivity contribution is 14.1. The van der Waals surface area contributed by atoms with Crippen LogP contribution in [0.5, 0.6) is 0 Å². The highest BCUT2D eigenvalue weighted by atomic mass is 127. The Hall–Kier alpha value is -0.980. The average Bonchev–Trinajstić information content (AvgIpc) is 2.53. The lowest BCUT2D eigenvalue weighted by atomic mass is 10.2. The molecule has 2 rings (SSSR count). The fraction of sp³-hybridized carbons (Fsp3) is 0. The number of rotatable bonds is 1. The summed E-state index contributed by atoms with van der Waals surface area (Å²) in [7, 11) is 0. The summed E-state index contributed by atoms with van der Waals surface area (Å²) in [4.78, 5) is 0. The zero-order chi connectivity index (χ0) is 9.26. The maximum absolute atomic E-state index is 13.2. The summed E-state index contributed by atoms with van der Waals surface area (Å²) in [5, 5.41) is 7.32. The lowest BCUT2D eigenvalue weighted by molar-refractivity contribution is 0.530. The molecule has 0 amide bonds. The van der Waals surface area contributed by atoms with Crippen LogP contribution in [-0.2, 0) is 0 Å². The van der Waals surface area contributed by atoms with Crippen molar-refractivity contribution >= 4 is 22.6 Å². The molecule has 0 fully saturated rings. The Morgan fingerprint density at radius 3 is 2.62 bits per heavy atom. The van der Waals surface area contributed by atoms with Crippen molar-refractivity contribution in [2.75, 3.05) is 0 Å². The van der Waals surface area contributed by atoms with Crippen molar-refractivity contribution < 1.29 is 8.81 Å². The van der Waals surface area contributed by atoms with Gasteiger partial charge in [-0.05, 0) is 12.1 Å². The van der Waals surface area contributed by atoms with Gasteiger partial charge < -0.3 is 4.42 Å². The van der Waals surface area contributed by atoms with Gasteiger partial charge in [0.2, 0.25) is 0 Å². The summed E-state index contributed by atoms with van der Waals surface area (Å²) in [6.07, 6.45) is 0. The van der Waals surface area contributed by atoms with Gasteiger partial charge in [0.05, 0.1) is 5.56 Å². The first kappa shape index (κ1) is 8.61. The van der Waals surface area contributed by atoms with E-state index in [1.165, 1.54) is 6.07 Å². The minimum absolute atomic E-state index is 0.211. The van der Waals surface area contributed by atoms with Gasteiger partial charge in [0.1, 0.15) is 5.82 Å². The predicted octanol–water partition coefficient (Wildman–Crippen LogP) is 2.48. The smallest absolute Gasteiger partial charge is 0.278 e. The molecule has 1 aromatic carbocycles. The minimum atomic E-state index is -0.359. The van der Waals surface area contributed by atoms with Gasteiger partial charge in [-0.25, -0.2) is 4.39 Å². The second-order valence-electron chi connectivity index (χ2n) is 2.34. The molecule has 0 saturated carbocycles. The fourth-order valence-corrected chi connectivity index (χ4v) is 1.27. The maximum Gasteiger partial charge on any atom is 0.278 e. The first-order chi connectivity index (χ1) is 6.27. The van der Waals surface area contributed by atoms with E-state index in [1.54, 1.807) is 18.2 Å². The van der Waals surface area contributed by atoms with E-state index in [0.717, 1.165) is 0 Å². The largest absolute Gasteiger partial charge is 0.412 e. The van der Waals surface area contributed by atoms with Crippen molar-refractivity contribution in [3.8, 4) is 11.5 Å². The van der Waals surface area contributed by atoms with Crippen LogP contribution in [0, 0.1) is 9.71 Å². The van der Waals surface area contributed by atoms with Crippen LogP contribution in [0.3, 0.4) is 0 Å². The van der Waals surface area contributed by atoms with Crippen LogP contribution in [0.4, 0.5) is 4.39 Å². The highest BCUT2D eigenvalue weighted by Crippen LogP contribution is 2.20. The summed E-state index contributed by atoms with van der Waals surface area (Å²) < 4.78 is 18.6. The van der Waals surface area contributed by atoms with Crippen molar-refractivity contribution in [1.82, 2.24) is 10.2 Å². The molecule has 0 saturated heterocycles. The van der Waals surface area contributed by atoms with Crippen molar-refractivity contribution in [2.24, 2.45) is 0 Å². The molecule has 5 heteroatoms. The quantitative estimate of drug-likeness (QED) is 0.757. The first-order valence-electron chi connectivity index (χ1n) is 3.51. The van der Waals surface area contributed by atoms with Crippen LogP contribution >= 0.6 is 22.6 Å². The molecule has 0 atom stereocenters. The Labute approximate surface area is 87.1 Å². The number of hydrogen-bond acceptors (Lipinski definition) is 3. The fourth-order valence-electron chi connectivity index (χ4n) is 0.949. The van der Waals surface area contributed by atoms with Gasteiger partial charge in [-0.2, -0.15) is 0 Å². The molecular formula is C8H4FIN2O. The SMILES string of the molecule is Fc1ccccc1-c1nnc(I)o1. The van der Waals surface area contributed by atoms with E-state index in [0.29, 0.717) is 9.46 Å². The molecule has 0 bridgehead atoms. The first-order valence-corrected chi connectivity index (χ1v) is 4.59. The zero-order valence-corrected chi connectivity index (χ0v) is 8.53. The van der Waals surface area contributed by atoms with Crippen LogP contribution in [0.15, 0.2) is 28.7 Å². The van der Waals surface area contributed by atoms with Crippen LogP contribution in [0.1, 0.15) is 0 Å². The number of benzene rings is 1. The lowest BCUT2D eigenvalue weighted by Gasteiger charge is -1.94. The minimum Gasteiger partial charge on any atom is -0.412 e. The molecule has 0 unspecified atom stereocenters. The number of nitrogens with zero attached hydrogens (tertiary/aromatic N) is 2. The standard InChI is InChI=1S/C8H4FIN2O/c9-6-4-2-1-3-5(6)7-11-12-8(10)13-7/h1-4H. The predicted molar refractivity (Wildman–Crippen MR) is 52.4 cm³/mol. The molecule has 0 spiro atoms. The molecule has 66 valence electrons. The summed E-state index contributed by atoms with van der Waals surface area (Å²) in [6, 6.07) is 6.28. The molecular weight excluding hydrogens is 286 g/mol. The molecule has 0 aliphatic carbocycles. The van der Waals surface area contributed by atoms with Gasteiger partial charge in [0, 0.05) is 22.6 Å². The van der Waals surface area contributed by atoms with E-state index in [1.807, 2.05) is 22.6 Å². The Kier molecular flexibility index (Phi) is 2.26. The van der Waals surface area contributed by atoms with E-state index in [-0.39, 0.29) is 11.7 Å². The van der Waals surface area contributed by atoms with Crippen LogP contribution in [0.25, 0.3) is 11.5 Å². The number of aromatic nitrogens is 2. The summed E-state index contributed by atoms with van der Waals surface area (Å²) in [6.45, 7) is 0. The van der Waals surface area contributed by atoms with Gasteiger partial charge >= 0.3 is 0 Å². The number of hydrogen-bond donors (Lipinski definition) is 0. The van der Waals surface area contributed by atoms with E-state index < -0.39 is 0 Å². The van der Waals surface area contributed by atoms with Crippen LogP contribution < -0.4 is 0 Å². The Morgan fingerprint density at radius 1 is 1.23 bits per heavy atom. The molecule has 0 radical (unpaired) electrons. The monoisotopic (exact) mass is 290 g/mol. The summed E-state index contributed by atoms with van der Waals surface area (Å²) in [5.74, 6) is -0.148. The van der Waals surface area contributed by atoms with E-state index in [4.69, 9.17) is 4.42 Å². The zero-order valence-electron chi connectivity index (χ0n) is 6.37. The van der Waals surface area contributed by atoms with E-state index >= 15 is 0 Å². The lowest BCUT2D eigenvalue weighted by Crippen LogP contribution is -1.82. The second-order valence-corrected chi connectivity index (χ2v) is 3.26. The maximum atomic E-state index is 13.2. The Bertz CT molecular complexity index is 430. The van der Waals surface area contributed by atoms with E-state index in [2.05, 4.69) is 10.2 Å². The molecule has 13 heavy (non-hydrogen) atoms. The van der Waals surface area contributed by atoms with Crippen molar-refractivity contribution in [3.63, 3.8) is 0 Å². The molecule has 1 heterocycles. The van der Waals surface area contributed by atoms with Gasteiger partial charge in [0.25, 0.3) is 9.79 Å².